The summed E-state index contributed by atoms with van der Waals surface area (Å²) in [6.45, 7) is 9.01. The Bertz CT molecular complexity index is 845. The van der Waals surface area contributed by atoms with Crippen molar-refractivity contribution < 1.29 is 19.1 Å². The number of oxime groups is 1. The van der Waals surface area contributed by atoms with Crippen LogP contribution in [0.25, 0.3) is 0 Å². The van der Waals surface area contributed by atoms with Gasteiger partial charge >= 0.3 is 5.97 Å². The van der Waals surface area contributed by atoms with Crippen molar-refractivity contribution in [1.29, 1.82) is 0 Å². The van der Waals surface area contributed by atoms with Gasteiger partial charge in [-0.3, -0.25) is 4.79 Å². The Hall–Kier alpha value is -2.82. The predicted octanol–water partition coefficient (Wildman–Crippen LogP) is 5.45. The molecule has 0 unspecified atom stereocenters. The summed E-state index contributed by atoms with van der Waals surface area (Å²) in [6, 6.07) is 17.2. The lowest BCUT2D eigenvalue weighted by atomic mass is 10.1. The maximum atomic E-state index is 12.6. The zero-order chi connectivity index (χ0) is 20.9. The molecule has 2 aromatic rings. The van der Waals surface area contributed by atoms with E-state index in [0.717, 1.165) is 11.3 Å². The lowest BCUT2D eigenvalue weighted by molar-refractivity contribution is -0.147. The topological polar surface area (TPSA) is 57.1 Å². The fourth-order valence-electron chi connectivity index (χ4n) is 3.27. The van der Waals surface area contributed by atoms with Crippen molar-refractivity contribution in [2.24, 2.45) is 28.3 Å². The summed E-state index contributed by atoms with van der Waals surface area (Å²) in [6.07, 6.45) is 1.74. The second-order valence-electron chi connectivity index (χ2n) is 8.44. The Kier molecular flexibility index (Phi) is 6.57. The molecule has 5 nitrogen and oxygen atoms in total. The Labute approximate surface area is 172 Å². The molecule has 0 aromatic heterocycles. The SMILES string of the molecule is CC(C)CON=C[C@H]1[C@@H](C(=O)OCc2cccc(Oc3ccccc3)c2)C1(C)C. The number of benzene rings is 2. The lowest BCUT2D eigenvalue weighted by Gasteiger charge is -2.09. The molecule has 0 aliphatic heterocycles. The van der Waals surface area contributed by atoms with Crippen LogP contribution in [0.1, 0.15) is 33.3 Å². The van der Waals surface area contributed by atoms with E-state index >= 15 is 0 Å². The minimum atomic E-state index is -0.204. The summed E-state index contributed by atoms with van der Waals surface area (Å²) in [5.74, 6) is 1.53. The predicted molar refractivity (Wildman–Crippen MR) is 113 cm³/mol. The molecule has 5 heteroatoms. The van der Waals surface area contributed by atoms with Crippen LogP contribution in [0, 0.1) is 23.2 Å². The summed E-state index contributed by atoms with van der Waals surface area (Å²) >= 11 is 0. The maximum absolute atomic E-state index is 12.6. The molecule has 0 N–H and O–H groups in total. The van der Waals surface area contributed by atoms with Crippen molar-refractivity contribution in [1.82, 2.24) is 0 Å². The molecule has 0 spiro atoms. The molecular weight excluding hydrogens is 366 g/mol. The number of carbonyl (C=O) groups is 1. The number of esters is 1. The molecular formula is C24H29NO4. The van der Waals surface area contributed by atoms with Crippen LogP contribution >= 0.6 is 0 Å². The highest BCUT2D eigenvalue weighted by Gasteiger charge is 2.62. The van der Waals surface area contributed by atoms with Crippen LogP contribution < -0.4 is 4.74 Å². The maximum Gasteiger partial charge on any atom is 0.310 e. The second kappa shape index (κ2) is 9.12. The van der Waals surface area contributed by atoms with Crippen LogP contribution in [-0.2, 0) is 21.0 Å². The van der Waals surface area contributed by atoms with Crippen molar-refractivity contribution in [2.75, 3.05) is 6.61 Å². The third-order valence-electron chi connectivity index (χ3n) is 5.13. The molecule has 1 aliphatic carbocycles. The molecule has 154 valence electrons. The van der Waals surface area contributed by atoms with Crippen LogP contribution in [0.4, 0.5) is 0 Å². The average molecular weight is 395 g/mol. The van der Waals surface area contributed by atoms with Crippen LogP contribution in [0.5, 0.6) is 11.5 Å². The van der Waals surface area contributed by atoms with Crippen LogP contribution in [0.2, 0.25) is 0 Å². The lowest BCUT2D eigenvalue weighted by Crippen LogP contribution is -2.10. The first-order valence-corrected chi connectivity index (χ1v) is 10.0. The Morgan fingerprint density at radius 2 is 1.83 bits per heavy atom. The second-order valence-corrected chi connectivity index (χ2v) is 8.44. The minimum Gasteiger partial charge on any atom is -0.461 e. The Morgan fingerprint density at radius 1 is 1.10 bits per heavy atom. The van der Waals surface area contributed by atoms with E-state index in [-0.39, 0.29) is 29.8 Å². The van der Waals surface area contributed by atoms with Gasteiger partial charge in [-0.05, 0) is 41.2 Å². The van der Waals surface area contributed by atoms with E-state index in [0.29, 0.717) is 18.3 Å². The van der Waals surface area contributed by atoms with Gasteiger partial charge in [-0.2, -0.15) is 0 Å². The van der Waals surface area contributed by atoms with Crippen molar-refractivity contribution in [3.63, 3.8) is 0 Å². The Morgan fingerprint density at radius 3 is 2.55 bits per heavy atom. The van der Waals surface area contributed by atoms with E-state index < -0.39 is 0 Å². The first-order chi connectivity index (χ1) is 13.9. The molecule has 0 radical (unpaired) electrons. The van der Waals surface area contributed by atoms with E-state index in [1.165, 1.54) is 0 Å². The molecule has 29 heavy (non-hydrogen) atoms. The molecule has 2 atom stereocenters. The quantitative estimate of drug-likeness (QED) is 0.322. The number of carbonyl (C=O) groups excluding carboxylic acids is 1. The van der Waals surface area contributed by atoms with Gasteiger partial charge in [0.15, 0.2) is 0 Å². The number of para-hydroxylation sites is 1. The number of hydrogen-bond donors (Lipinski definition) is 0. The molecule has 0 amide bonds. The standard InChI is InChI=1S/C24H29NO4/c1-17(2)15-28-25-14-21-22(24(21,3)4)23(26)27-16-18-9-8-12-20(13-18)29-19-10-6-5-7-11-19/h5-14,17,21-22H,15-16H2,1-4H3/t21-,22-/m0/s1. The van der Waals surface area contributed by atoms with E-state index in [9.17, 15) is 4.79 Å². The summed E-state index contributed by atoms with van der Waals surface area (Å²) in [4.78, 5) is 17.8. The van der Waals surface area contributed by atoms with E-state index in [2.05, 4.69) is 19.0 Å². The first kappa shape index (κ1) is 20.9. The minimum absolute atomic E-state index is 0.0370. The Balaban J connectivity index is 1.52. The van der Waals surface area contributed by atoms with Gasteiger partial charge in [-0.1, -0.05) is 63.2 Å². The van der Waals surface area contributed by atoms with Gasteiger partial charge in [0.05, 0.1) is 5.92 Å². The number of nitrogens with zero attached hydrogens (tertiary/aromatic N) is 1. The summed E-state index contributed by atoms with van der Waals surface area (Å²) in [5, 5.41) is 4.02. The normalized spacial score (nSPS) is 19.9. The smallest absolute Gasteiger partial charge is 0.310 e. The molecule has 1 aliphatic rings. The summed E-state index contributed by atoms with van der Waals surface area (Å²) < 4.78 is 11.4. The van der Waals surface area contributed by atoms with Gasteiger partial charge in [-0.25, -0.2) is 0 Å². The van der Waals surface area contributed by atoms with E-state index in [4.69, 9.17) is 14.3 Å². The van der Waals surface area contributed by atoms with Crippen LogP contribution in [-0.4, -0.2) is 18.8 Å². The van der Waals surface area contributed by atoms with Gasteiger partial charge in [0.1, 0.15) is 24.7 Å². The highest BCUT2D eigenvalue weighted by molar-refractivity contribution is 5.85. The molecule has 1 fully saturated rings. The van der Waals surface area contributed by atoms with Crippen molar-refractivity contribution in [2.45, 2.75) is 34.3 Å². The fraction of sp³-hybridized carbons (Fsp3) is 0.417. The molecule has 2 aromatic carbocycles. The summed E-state index contributed by atoms with van der Waals surface area (Å²) in [7, 11) is 0. The van der Waals surface area contributed by atoms with Gasteiger partial charge in [-0.15, -0.1) is 0 Å². The van der Waals surface area contributed by atoms with Crippen LogP contribution in [0.3, 0.4) is 0 Å². The molecule has 1 saturated carbocycles. The fourth-order valence-corrected chi connectivity index (χ4v) is 3.27. The van der Waals surface area contributed by atoms with E-state index in [1.807, 2.05) is 68.4 Å². The zero-order valence-electron chi connectivity index (χ0n) is 17.5. The zero-order valence-corrected chi connectivity index (χ0v) is 17.5. The van der Waals surface area contributed by atoms with Crippen molar-refractivity contribution in [3.8, 4) is 11.5 Å². The van der Waals surface area contributed by atoms with Crippen LogP contribution in [0.15, 0.2) is 59.8 Å². The third kappa shape index (κ3) is 5.59. The highest BCUT2D eigenvalue weighted by Crippen LogP contribution is 2.57. The molecule has 0 saturated heterocycles. The molecule has 0 heterocycles. The number of hydrogen-bond acceptors (Lipinski definition) is 5. The van der Waals surface area contributed by atoms with Crippen molar-refractivity contribution in [3.05, 3.63) is 60.2 Å². The first-order valence-electron chi connectivity index (χ1n) is 10.0. The summed E-state index contributed by atoms with van der Waals surface area (Å²) in [5.41, 5.74) is 0.718. The van der Waals surface area contributed by atoms with Crippen molar-refractivity contribution >= 4 is 12.2 Å². The van der Waals surface area contributed by atoms with E-state index in [1.54, 1.807) is 6.21 Å². The number of ether oxygens (including phenoxy) is 2. The number of rotatable bonds is 9. The van der Waals surface area contributed by atoms with Gasteiger partial charge in [0.25, 0.3) is 0 Å². The third-order valence-corrected chi connectivity index (χ3v) is 5.13. The van der Waals surface area contributed by atoms with Gasteiger partial charge in [0, 0.05) is 12.1 Å². The average Bonchev–Trinajstić information content (AvgIpc) is 3.25. The molecule has 0 bridgehead atoms. The molecule has 3 rings (SSSR count). The largest absolute Gasteiger partial charge is 0.461 e. The van der Waals surface area contributed by atoms with Gasteiger partial charge < -0.3 is 14.3 Å². The van der Waals surface area contributed by atoms with Gasteiger partial charge in [0.2, 0.25) is 0 Å². The monoisotopic (exact) mass is 395 g/mol. The highest BCUT2D eigenvalue weighted by atomic mass is 16.6.